The van der Waals surface area contributed by atoms with Crippen LogP contribution in [0.25, 0.3) is 0 Å². The van der Waals surface area contributed by atoms with Gasteiger partial charge in [0.15, 0.2) is 0 Å². The molecular weight excluding hydrogens is 112 g/mol. The average Bonchev–Trinajstić information content (AvgIpc) is 2.64. The SMILES string of the molecule is CC[C@@H]1CCC[C@@H]2O[C@@H]12. The van der Waals surface area contributed by atoms with Crippen LogP contribution < -0.4 is 0 Å². The van der Waals surface area contributed by atoms with Gasteiger partial charge in [0.05, 0.1) is 12.2 Å². The Balaban J connectivity index is 1.93. The molecule has 0 spiro atoms. The van der Waals surface area contributed by atoms with Gasteiger partial charge in [0.25, 0.3) is 0 Å². The van der Waals surface area contributed by atoms with Crippen LogP contribution in [-0.4, -0.2) is 12.2 Å². The predicted octanol–water partition coefficient (Wildman–Crippen LogP) is 1.96. The van der Waals surface area contributed by atoms with Crippen molar-refractivity contribution in [2.45, 2.75) is 44.8 Å². The van der Waals surface area contributed by atoms with Crippen molar-refractivity contribution in [3.8, 4) is 0 Å². The van der Waals surface area contributed by atoms with E-state index in [1.165, 1.54) is 25.7 Å². The molecule has 0 aromatic rings. The molecule has 9 heavy (non-hydrogen) atoms. The van der Waals surface area contributed by atoms with Crippen LogP contribution in [0.1, 0.15) is 32.6 Å². The van der Waals surface area contributed by atoms with E-state index < -0.39 is 0 Å². The summed E-state index contributed by atoms with van der Waals surface area (Å²) >= 11 is 0. The second-order valence-electron chi connectivity index (χ2n) is 3.24. The van der Waals surface area contributed by atoms with E-state index in [2.05, 4.69) is 6.92 Å². The Hall–Kier alpha value is -0.0400. The molecule has 1 saturated heterocycles. The Bertz CT molecular complexity index is 111. The zero-order valence-corrected chi connectivity index (χ0v) is 5.97. The first kappa shape index (κ1) is 5.72. The lowest BCUT2D eigenvalue weighted by molar-refractivity contribution is 0.315. The van der Waals surface area contributed by atoms with Crippen LogP contribution in [0, 0.1) is 5.92 Å². The average molecular weight is 126 g/mol. The van der Waals surface area contributed by atoms with Gasteiger partial charge in [-0.2, -0.15) is 0 Å². The van der Waals surface area contributed by atoms with Crippen molar-refractivity contribution >= 4 is 0 Å². The minimum atomic E-state index is 0.684. The molecule has 2 rings (SSSR count). The fourth-order valence-corrected chi connectivity index (χ4v) is 1.99. The van der Waals surface area contributed by atoms with Crippen LogP contribution in [0.2, 0.25) is 0 Å². The zero-order chi connectivity index (χ0) is 6.27. The Morgan fingerprint density at radius 1 is 1.44 bits per heavy atom. The second kappa shape index (κ2) is 1.98. The van der Waals surface area contributed by atoms with E-state index in [0.29, 0.717) is 12.2 Å². The molecule has 2 aliphatic rings. The summed E-state index contributed by atoms with van der Waals surface area (Å²) in [6.07, 6.45) is 6.84. The minimum absolute atomic E-state index is 0.684. The molecule has 0 aromatic heterocycles. The van der Waals surface area contributed by atoms with Gasteiger partial charge in [0, 0.05) is 0 Å². The molecule has 0 aromatic carbocycles. The molecule has 0 bridgehead atoms. The molecule has 1 nitrogen and oxygen atoms in total. The summed E-state index contributed by atoms with van der Waals surface area (Å²) in [6, 6.07) is 0. The van der Waals surface area contributed by atoms with Crippen molar-refractivity contribution in [1.82, 2.24) is 0 Å². The Labute approximate surface area is 56.4 Å². The first-order valence-electron chi connectivity index (χ1n) is 4.07. The molecular formula is C8H14O. The molecule has 2 fully saturated rings. The highest BCUT2D eigenvalue weighted by Gasteiger charge is 2.45. The summed E-state index contributed by atoms with van der Waals surface area (Å²) in [5, 5.41) is 0. The van der Waals surface area contributed by atoms with Crippen LogP contribution in [0.5, 0.6) is 0 Å². The summed E-state index contributed by atoms with van der Waals surface area (Å²) in [5.74, 6) is 0.906. The van der Waals surface area contributed by atoms with Crippen LogP contribution in [-0.2, 0) is 4.74 Å². The van der Waals surface area contributed by atoms with Crippen molar-refractivity contribution in [1.29, 1.82) is 0 Å². The monoisotopic (exact) mass is 126 g/mol. The Morgan fingerprint density at radius 2 is 2.33 bits per heavy atom. The lowest BCUT2D eigenvalue weighted by Gasteiger charge is -2.14. The van der Waals surface area contributed by atoms with E-state index in [4.69, 9.17) is 4.74 Å². The number of rotatable bonds is 1. The largest absolute Gasteiger partial charge is 0.369 e. The highest BCUT2D eigenvalue weighted by Crippen LogP contribution is 2.41. The summed E-state index contributed by atoms with van der Waals surface area (Å²) in [5.41, 5.74) is 0. The zero-order valence-electron chi connectivity index (χ0n) is 5.97. The van der Waals surface area contributed by atoms with Gasteiger partial charge >= 0.3 is 0 Å². The first-order chi connectivity index (χ1) is 4.42. The lowest BCUT2D eigenvalue weighted by Crippen LogP contribution is -2.14. The third-order valence-electron chi connectivity index (χ3n) is 2.67. The summed E-state index contributed by atoms with van der Waals surface area (Å²) in [6.45, 7) is 2.27. The van der Waals surface area contributed by atoms with Gasteiger partial charge in [0.1, 0.15) is 0 Å². The Morgan fingerprint density at radius 3 is 3.00 bits per heavy atom. The van der Waals surface area contributed by atoms with E-state index in [1.807, 2.05) is 0 Å². The number of hydrogen-bond donors (Lipinski definition) is 0. The van der Waals surface area contributed by atoms with Gasteiger partial charge in [-0.05, 0) is 18.8 Å². The van der Waals surface area contributed by atoms with Crippen molar-refractivity contribution in [2.75, 3.05) is 0 Å². The maximum atomic E-state index is 5.48. The minimum Gasteiger partial charge on any atom is -0.369 e. The molecule has 0 N–H and O–H groups in total. The fraction of sp³-hybridized carbons (Fsp3) is 1.00. The van der Waals surface area contributed by atoms with E-state index in [0.717, 1.165) is 5.92 Å². The van der Waals surface area contributed by atoms with Crippen molar-refractivity contribution in [2.24, 2.45) is 5.92 Å². The molecule has 1 saturated carbocycles. The van der Waals surface area contributed by atoms with Gasteiger partial charge in [-0.1, -0.05) is 19.8 Å². The quantitative estimate of drug-likeness (QED) is 0.489. The predicted molar refractivity (Wildman–Crippen MR) is 36.3 cm³/mol. The standard InChI is InChI=1S/C8H14O/c1-2-6-4-3-5-7-8(6)9-7/h6-8H,2-5H2,1H3/t6-,7+,8+/m1/s1. The van der Waals surface area contributed by atoms with Gasteiger partial charge in [-0.3, -0.25) is 0 Å². The van der Waals surface area contributed by atoms with Gasteiger partial charge in [-0.15, -0.1) is 0 Å². The smallest absolute Gasteiger partial charge is 0.0869 e. The lowest BCUT2D eigenvalue weighted by atomic mass is 9.88. The molecule has 1 aliphatic heterocycles. The van der Waals surface area contributed by atoms with E-state index in [9.17, 15) is 0 Å². The normalized spacial score (nSPS) is 48.3. The highest BCUT2D eigenvalue weighted by molar-refractivity contribution is 4.93. The van der Waals surface area contributed by atoms with Gasteiger partial charge in [-0.25, -0.2) is 0 Å². The van der Waals surface area contributed by atoms with Crippen molar-refractivity contribution in [3.05, 3.63) is 0 Å². The molecule has 0 amide bonds. The summed E-state index contributed by atoms with van der Waals surface area (Å²) < 4.78 is 5.48. The maximum absolute atomic E-state index is 5.48. The topological polar surface area (TPSA) is 12.5 Å². The third-order valence-corrected chi connectivity index (χ3v) is 2.67. The highest BCUT2D eigenvalue weighted by atomic mass is 16.6. The third kappa shape index (κ3) is 0.877. The molecule has 0 unspecified atom stereocenters. The van der Waals surface area contributed by atoms with Crippen molar-refractivity contribution < 1.29 is 4.74 Å². The summed E-state index contributed by atoms with van der Waals surface area (Å²) in [7, 11) is 0. The molecule has 1 heteroatoms. The van der Waals surface area contributed by atoms with Gasteiger partial charge in [0.2, 0.25) is 0 Å². The first-order valence-corrected chi connectivity index (χ1v) is 4.07. The number of ether oxygens (including phenoxy) is 1. The Kier molecular flexibility index (Phi) is 1.26. The molecule has 1 heterocycles. The van der Waals surface area contributed by atoms with Crippen LogP contribution in [0.15, 0.2) is 0 Å². The molecule has 1 aliphatic carbocycles. The van der Waals surface area contributed by atoms with Gasteiger partial charge < -0.3 is 4.74 Å². The molecule has 52 valence electrons. The van der Waals surface area contributed by atoms with Crippen molar-refractivity contribution in [3.63, 3.8) is 0 Å². The maximum Gasteiger partial charge on any atom is 0.0869 e. The number of epoxide rings is 1. The molecule has 0 radical (unpaired) electrons. The van der Waals surface area contributed by atoms with Crippen LogP contribution >= 0.6 is 0 Å². The fourth-order valence-electron chi connectivity index (χ4n) is 1.99. The van der Waals surface area contributed by atoms with E-state index in [1.54, 1.807) is 0 Å². The number of fused-ring (bicyclic) bond motifs is 1. The second-order valence-corrected chi connectivity index (χ2v) is 3.24. The summed E-state index contributed by atoms with van der Waals surface area (Å²) in [4.78, 5) is 0. The number of hydrogen-bond acceptors (Lipinski definition) is 1. The van der Waals surface area contributed by atoms with E-state index >= 15 is 0 Å². The van der Waals surface area contributed by atoms with Crippen LogP contribution in [0.4, 0.5) is 0 Å². The molecule has 3 atom stereocenters. The van der Waals surface area contributed by atoms with Crippen LogP contribution in [0.3, 0.4) is 0 Å². The van der Waals surface area contributed by atoms with E-state index in [-0.39, 0.29) is 0 Å².